The summed E-state index contributed by atoms with van der Waals surface area (Å²) in [6, 6.07) is 1.16. The number of nitrogens with one attached hydrogen (secondary N) is 1. The molecule has 1 fully saturated rings. The standard InChI is InChI=1S/C21H24FN3O2/c1-4-6-18(26)24-14-7-5-8-25(11-14)20-17(22)10-16(21(23)27)15-9-12(2)13(3)19(15)20/h10,14H,5,7-9,11H2,1-3H3,(H2,23,27)(H,24,26)/t14-/m1/s1. The first-order valence-electron chi connectivity index (χ1n) is 9.13. The van der Waals surface area contributed by atoms with Crippen molar-refractivity contribution in [2.24, 2.45) is 5.73 Å². The maximum Gasteiger partial charge on any atom is 0.296 e. The SMILES string of the molecule is CC#CC(=O)N[C@@H]1CCCN(c2c(F)cc(C(N)=O)c3c2C(C)=C(C)C3)C1. The number of carbonyl (C=O) groups excluding carboxylic acids is 2. The molecule has 1 aliphatic heterocycles. The molecular weight excluding hydrogens is 345 g/mol. The van der Waals surface area contributed by atoms with Gasteiger partial charge >= 0.3 is 0 Å². The summed E-state index contributed by atoms with van der Waals surface area (Å²) in [5.74, 6) is 3.70. The molecule has 0 bridgehead atoms. The van der Waals surface area contributed by atoms with Crippen molar-refractivity contribution in [3.05, 3.63) is 34.1 Å². The Bertz CT molecular complexity index is 908. The second kappa shape index (κ2) is 7.43. The first-order valence-corrected chi connectivity index (χ1v) is 9.13. The van der Waals surface area contributed by atoms with Crippen LogP contribution in [0.15, 0.2) is 11.6 Å². The second-order valence-corrected chi connectivity index (χ2v) is 7.19. The number of rotatable bonds is 3. The molecule has 3 rings (SSSR count). The quantitative estimate of drug-likeness (QED) is 0.804. The number of nitrogens with zero attached hydrogens (tertiary/aromatic N) is 1. The van der Waals surface area contributed by atoms with E-state index in [1.165, 1.54) is 6.07 Å². The van der Waals surface area contributed by atoms with E-state index < -0.39 is 11.7 Å². The lowest BCUT2D eigenvalue weighted by atomic mass is 9.95. The maximum atomic E-state index is 15.1. The van der Waals surface area contributed by atoms with E-state index in [1.54, 1.807) is 6.92 Å². The van der Waals surface area contributed by atoms with E-state index >= 15 is 4.39 Å². The summed E-state index contributed by atoms with van der Waals surface area (Å²) in [5, 5.41) is 2.89. The molecule has 2 aliphatic rings. The van der Waals surface area contributed by atoms with Gasteiger partial charge in [-0.2, -0.15) is 0 Å². The minimum absolute atomic E-state index is 0.0928. The predicted octanol–water partition coefficient (Wildman–Crippen LogP) is 2.38. The van der Waals surface area contributed by atoms with Crippen LogP contribution in [0.1, 0.15) is 55.1 Å². The number of benzene rings is 1. The van der Waals surface area contributed by atoms with Crippen LogP contribution in [0, 0.1) is 17.7 Å². The van der Waals surface area contributed by atoms with Crippen LogP contribution < -0.4 is 16.0 Å². The molecule has 1 aliphatic carbocycles. The lowest BCUT2D eigenvalue weighted by Gasteiger charge is -2.36. The van der Waals surface area contributed by atoms with Crippen LogP contribution in [0.5, 0.6) is 0 Å². The molecule has 1 aromatic rings. The molecule has 6 heteroatoms. The highest BCUT2D eigenvalue weighted by molar-refractivity contribution is 5.99. The molecule has 3 N–H and O–H groups in total. The summed E-state index contributed by atoms with van der Waals surface area (Å²) in [7, 11) is 0. The van der Waals surface area contributed by atoms with E-state index in [1.807, 2.05) is 18.7 Å². The average molecular weight is 369 g/mol. The van der Waals surface area contributed by atoms with E-state index in [4.69, 9.17) is 5.73 Å². The fourth-order valence-corrected chi connectivity index (χ4v) is 4.04. The summed E-state index contributed by atoms with van der Waals surface area (Å²) in [6.07, 6.45) is 2.26. The van der Waals surface area contributed by atoms with Crippen LogP contribution in [0.25, 0.3) is 5.57 Å². The normalized spacial score (nSPS) is 18.7. The molecule has 1 heterocycles. The molecule has 27 heavy (non-hydrogen) atoms. The van der Waals surface area contributed by atoms with Crippen molar-refractivity contribution in [3.8, 4) is 11.8 Å². The van der Waals surface area contributed by atoms with Gasteiger partial charge in [-0.25, -0.2) is 4.39 Å². The van der Waals surface area contributed by atoms with Crippen molar-refractivity contribution in [1.29, 1.82) is 0 Å². The smallest absolute Gasteiger partial charge is 0.296 e. The van der Waals surface area contributed by atoms with E-state index in [0.29, 0.717) is 25.2 Å². The number of amides is 2. The Morgan fingerprint density at radius 1 is 1.37 bits per heavy atom. The number of hydrogen-bond acceptors (Lipinski definition) is 3. The number of primary amides is 1. The Kier molecular flexibility index (Phi) is 5.22. The van der Waals surface area contributed by atoms with Gasteiger partial charge in [0.15, 0.2) is 0 Å². The van der Waals surface area contributed by atoms with Gasteiger partial charge in [-0.1, -0.05) is 11.5 Å². The van der Waals surface area contributed by atoms with Crippen LogP contribution in [-0.4, -0.2) is 30.9 Å². The van der Waals surface area contributed by atoms with Crippen LogP contribution in [0.4, 0.5) is 10.1 Å². The lowest BCUT2D eigenvalue weighted by molar-refractivity contribution is -0.116. The van der Waals surface area contributed by atoms with Gasteiger partial charge in [0.05, 0.1) is 5.69 Å². The molecule has 0 radical (unpaired) electrons. The molecular formula is C21H24FN3O2. The first-order chi connectivity index (χ1) is 12.8. The zero-order chi connectivity index (χ0) is 19.7. The molecule has 0 unspecified atom stereocenters. The molecule has 0 saturated carbocycles. The molecule has 1 saturated heterocycles. The number of nitrogens with two attached hydrogens (primary N) is 1. The number of hydrogen-bond donors (Lipinski definition) is 2. The highest BCUT2D eigenvalue weighted by atomic mass is 19.1. The molecule has 5 nitrogen and oxygen atoms in total. The summed E-state index contributed by atoms with van der Waals surface area (Å²) in [6.45, 7) is 6.75. The van der Waals surface area contributed by atoms with Gasteiger partial charge in [0.1, 0.15) is 5.82 Å². The molecule has 0 spiro atoms. The minimum Gasteiger partial charge on any atom is -0.367 e. The van der Waals surface area contributed by atoms with E-state index in [2.05, 4.69) is 17.2 Å². The Balaban J connectivity index is 1.99. The van der Waals surface area contributed by atoms with Gasteiger partial charge in [0.25, 0.3) is 5.91 Å². The summed E-state index contributed by atoms with van der Waals surface area (Å²) in [5.41, 5.74) is 9.92. The van der Waals surface area contributed by atoms with E-state index in [0.717, 1.165) is 35.1 Å². The topological polar surface area (TPSA) is 75.4 Å². The average Bonchev–Trinajstić information content (AvgIpc) is 2.90. The molecule has 0 aromatic heterocycles. The zero-order valence-electron chi connectivity index (χ0n) is 15.9. The predicted molar refractivity (Wildman–Crippen MR) is 104 cm³/mol. The van der Waals surface area contributed by atoms with E-state index in [-0.39, 0.29) is 17.5 Å². The second-order valence-electron chi connectivity index (χ2n) is 7.19. The number of anilines is 1. The molecule has 1 atom stereocenters. The van der Waals surface area contributed by atoms with Gasteiger partial charge in [-0.3, -0.25) is 9.59 Å². The zero-order valence-corrected chi connectivity index (χ0v) is 15.9. The Labute approximate surface area is 158 Å². The van der Waals surface area contributed by atoms with Crippen LogP contribution >= 0.6 is 0 Å². The summed E-state index contributed by atoms with van der Waals surface area (Å²) < 4.78 is 15.1. The lowest BCUT2D eigenvalue weighted by Crippen LogP contribution is -2.48. The van der Waals surface area contributed by atoms with Crippen molar-refractivity contribution in [1.82, 2.24) is 5.32 Å². The van der Waals surface area contributed by atoms with Crippen LogP contribution in [0.2, 0.25) is 0 Å². The first kappa shape index (κ1) is 19.0. The number of fused-ring (bicyclic) bond motifs is 1. The summed E-state index contributed by atoms with van der Waals surface area (Å²) in [4.78, 5) is 25.6. The molecule has 2 amide bonds. The Morgan fingerprint density at radius 3 is 2.78 bits per heavy atom. The fraction of sp³-hybridized carbons (Fsp3) is 0.429. The van der Waals surface area contributed by atoms with Gasteiger partial charge in [-0.15, -0.1) is 0 Å². The highest BCUT2D eigenvalue weighted by Crippen LogP contribution is 2.43. The number of halogens is 1. The van der Waals surface area contributed by atoms with Gasteiger partial charge in [0, 0.05) is 30.3 Å². The van der Waals surface area contributed by atoms with Crippen molar-refractivity contribution >= 4 is 23.1 Å². The number of allylic oxidation sites excluding steroid dienone is 2. The minimum atomic E-state index is -0.610. The fourth-order valence-electron chi connectivity index (χ4n) is 4.04. The maximum absolute atomic E-state index is 15.1. The highest BCUT2D eigenvalue weighted by Gasteiger charge is 2.31. The third-order valence-electron chi connectivity index (χ3n) is 5.39. The number of piperidine rings is 1. The number of carbonyl (C=O) groups is 2. The van der Waals surface area contributed by atoms with Crippen LogP contribution in [0.3, 0.4) is 0 Å². The largest absolute Gasteiger partial charge is 0.367 e. The van der Waals surface area contributed by atoms with Crippen LogP contribution in [-0.2, 0) is 11.2 Å². The van der Waals surface area contributed by atoms with Crippen molar-refractivity contribution < 1.29 is 14.0 Å². The molecule has 1 aromatic carbocycles. The van der Waals surface area contributed by atoms with Crippen molar-refractivity contribution in [2.75, 3.05) is 18.0 Å². The van der Waals surface area contributed by atoms with Gasteiger partial charge in [0.2, 0.25) is 5.91 Å². The van der Waals surface area contributed by atoms with Crippen molar-refractivity contribution in [2.45, 2.75) is 46.1 Å². The summed E-state index contributed by atoms with van der Waals surface area (Å²) >= 11 is 0. The molecule has 142 valence electrons. The Hall–Kier alpha value is -2.81. The Morgan fingerprint density at radius 2 is 2.11 bits per heavy atom. The van der Waals surface area contributed by atoms with E-state index in [9.17, 15) is 9.59 Å². The third kappa shape index (κ3) is 3.55. The van der Waals surface area contributed by atoms with Crippen molar-refractivity contribution in [3.63, 3.8) is 0 Å². The van der Waals surface area contributed by atoms with Gasteiger partial charge in [-0.05, 0) is 63.2 Å². The monoisotopic (exact) mass is 369 g/mol. The third-order valence-corrected chi connectivity index (χ3v) is 5.39. The van der Waals surface area contributed by atoms with Gasteiger partial charge < -0.3 is 16.0 Å².